The van der Waals surface area contributed by atoms with Crippen LogP contribution in [-0.2, 0) is 9.47 Å². The van der Waals surface area contributed by atoms with Gasteiger partial charge in [0.25, 0.3) is 0 Å². The molecule has 1 aliphatic heterocycles. The van der Waals surface area contributed by atoms with E-state index in [0.29, 0.717) is 18.6 Å². The Balaban J connectivity index is 2.03. The van der Waals surface area contributed by atoms with Gasteiger partial charge in [-0.15, -0.1) is 0 Å². The van der Waals surface area contributed by atoms with Gasteiger partial charge in [-0.25, -0.2) is 0 Å². The molecule has 1 fully saturated rings. The molecule has 0 saturated heterocycles. The summed E-state index contributed by atoms with van der Waals surface area (Å²) in [7, 11) is 0. The molecule has 0 spiro atoms. The van der Waals surface area contributed by atoms with Gasteiger partial charge in [0, 0.05) is 12.1 Å². The summed E-state index contributed by atoms with van der Waals surface area (Å²) >= 11 is 0. The van der Waals surface area contributed by atoms with Crippen LogP contribution in [0.1, 0.15) is 12.8 Å². The molecule has 0 radical (unpaired) electrons. The molecule has 1 aliphatic carbocycles. The van der Waals surface area contributed by atoms with E-state index in [0.717, 1.165) is 0 Å². The van der Waals surface area contributed by atoms with Gasteiger partial charge < -0.3 is 42.6 Å². The summed E-state index contributed by atoms with van der Waals surface area (Å²) in [5, 5.41) is 19.9. The van der Waals surface area contributed by atoms with Gasteiger partial charge in [0.15, 0.2) is 0 Å². The Morgan fingerprint density at radius 1 is 1.15 bits per heavy atom. The summed E-state index contributed by atoms with van der Waals surface area (Å²) in [6.45, 7) is 0.249. The molecule has 7 atom stereocenters. The van der Waals surface area contributed by atoms with Crippen LogP contribution in [0.3, 0.4) is 0 Å². The number of rotatable bonds is 3. The standard InChI is InChI=1S/C12H24N4O4/c13-4-5-1-2-6(14)12(19-5)20-11-8(16)3-7(15)9(17)10(11)18/h1,6-12,17-18H,2-4,13-16H2/t6-,7-,8+,9+,10-,11-,12-/m1/s1. The third kappa shape index (κ3) is 3.12. The van der Waals surface area contributed by atoms with Crippen LogP contribution < -0.4 is 22.9 Å². The fourth-order valence-electron chi connectivity index (χ4n) is 2.55. The van der Waals surface area contributed by atoms with Gasteiger partial charge in [-0.3, -0.25) is 0 Å². The Bertz CT molecular complexity index is 367. The van der Waals surface area contributed by atoms with Gasteiger partial charge in [0.2, 0.25) is 6.29 Å². The predicted octanol–water partition coefficient (Wildman–Crippen LogP) is -2.93. The Hall–Kier alpha value is -0.740. The van der Waals surface area contributed by atoms with Crippen LogP contribution in [0.5, 0.6) is 0 Å². The summed E-state index contributed by atoms with van der Waals surface area (Å²) in [6, 6.07) is -1.44. The van der Waals surface area contributed by atoms with Gasteiger partial charge in [-0.2, -0.15) is 0 Å². The van der Waals surface area contributed by atoms with E-state index in [-0.39, 0.29) is 12.6 Å². The quantitative estimate of drug-likeness (QED) is 0.321. The van der Waals surface area contributed by atoms with Crippen LogP contribution >= 0.6 is 0 Å². The number of ether oxygens (including phenoxy) is 2. The Morgan fingerprint density at radius 3 is 2.50 bits per heavy atom. The molecule has 8 nitrogen and oxygen atoms in total. The summed E-state index contributed by atoms with van der Waals surface area (Å²) < 4.78 is 11.2. The first-order valence-electron chi connectivity index (χ1n) is 6.78. The van der Waals surface area contributed by atoms with Crippen molar-refractivity contribution >= 4 is 0 Å². The van der Waals surface area contributed by atoms with Gasteiger partial charge in [-0.05, 0) is 18.9 Å². The maximum absolute atomic E-state index is 10.0. The zero-order valence-corrected chi connectivity index (χ0v) is 11.3. The first kappa shape index (κ1) is 15.6. The minimum absolute atomic E-state index is 0.249. The van der Waals surface area contributed by atoms with E-state index in [1.54, 1.807) is 0 Å². The number of hydrogen-bond acceptors (Lipinski definition) is 8. The molecule has 2 rings (SSSR count). The highest BCUT2D eigenvalue weighted by molar-refractivity contribution is 5.03. The van der Waals surface area contributed by atoms with Crippen LogP contribution in [0.2, 0.25) is 0 Å². The summed E-state index contributed by atoms with van der Waals surface area (Å²) in [6.07, 6.45) is -1.04. The highest BCUT2D eigenvalue weighted by atomic mass is 16.7. The molecular formula is C12H24N4O4. The van der Waals surface area contributed by atoms with E-state index in [9.17, 15) is 10.2 Å². The SMILES string of the molecule is NCC1=CC[C@@H](N)[C@@H](O[C@H]2[C@H](O)[C@@H](O)[C@H](N)C[C@@H]2N)O1. The normalized spacial score (nSPS) is 45.7. The van der Waals surface area contributed by atoms with Crippen molar-refractivity contribution in [2.45, 2.75) is 55.6 Å². The zero-order chi connectivity index (χ0) is 14.9. The third-order valence-corrected chi connectivity index (χ3v) is 3.82. The van der Waals surface area contributed by atoms with E-state index in [1.807, 2.05) is 6.08 Å². The van der Waals surface area contributed by atoms with Crippen LogP contribution in [0, 0.1) is 0 Å². The highest BCUT2D eigenvalue weighted by Gasteiger charge is 2.43. The van der Waals surface area contributed by atoms with Gasteiger partial charge in [0.1, 0.15) is 18.0 Å². The Kier molecular flexibility index (Phi) is 4.97. The maximum atomic E-state index is 10.0. The van der Waals surface area contributed by atoms with E-state index in [4.69, 9.17) is 32.4 Å². The average Bonchev–Trinajstić information content (AvgIpc) is 2.43. The third-order valence-electron chi connectivity index (χ3n) is 3.82. The van der Waals surface area contributed by atoms with E-state index >= 15 is 0 Å². The van der Waals surface area contributed by atoms with E-state index in [2.05, 4.69) is 0 Å². The lowest BCUT2D eigenvalue weighted by Crippen LogP contribution is -2.63. The largest absolute Gasteiger partial charge is 0.467 e. The van der Waals surface area contributed by atoms with Crippen molar-refractivity contribution in [1.82, 2.24) is 0 Å². The maximum Gasteiger partial charge on any atom is 0.215 e. The molecule has 0 bridgehead atoms. The number of hydrogen-bond donors (Lipinski definition) is 6. The lowest BCUT2D eigenvalue weighted by atomic mass is 9.84. The van der Waals surface area contributed by atoms with Gasteiger partial charge in [-0.1, -0.05) is 0 Å². The first-order chi connectivity index (χ1) is 9.43. The minimum atomic E-state index is -1.17. The second-order valence-electron chi connectivity index (χ2n) is 5.41. The Labute approximate surface area is 117 Å². The molecule has 1 saturated carbocycles. The molecule has 2 aliphatic rings. The topological polar surface area (TPSA) is 163 Å². The van der Waals surface area contributed by atoms with Crippen LogP contribution in [0.25, 0.3) is 0 Å². The van der Waals surface area contributed by atoms with Crippen molar-refractivity contribution in [2.75, 3.05) is 6.54 Å². The minimum Gasteiger partial charge on any atom is -0.467 e. The van der Waals surface area contributed by atoms with Crippen LogP contribution in [0.4, 0.5) is 0 Å². The molecule has 20 heavy (non-hydrogen) atoms. The molecule has 0 amide bonds. The molecule has 1 heterocycles. The Morgan fingerprint density at radius 2 is 1.85 bits per heavy atom. The monoisotopic (exact) mass is 288 g/mol. The van der Waals surface area contributed by atoms with Crippen molar-refractivity contribution in [3.8, 4) is 0 Å². The van der Waals surface area contributed by atoms with E-state index < -0.39 is 36.7 Å². The van der Waals surface area contributed by atoms with Crippen LogP contribution in [0.15, 0.2) is 11.8 Å². The smallest absolute Gasteiger partial charge is 0.215 e. The first-order valence-corrected chi connectivity index (χ1v) is 6.78. The van der Waals surface area contributed by atoms with Crippen molar-refractivity contribution in [2.24, 2.45) is 22.9 Å². The summed E-state index contributed by atoms with van der Waals surface area (Å²) in [5.41, 5.74) is 23.1. The molecule has 0 unspecified atom stereocenters. The lowest BCUT2D eigenvalue weighted by molar-refractivity contribution is -0.216. The van der Waals surface area contributed by atoms with Gasteiger partial charge in [0.05, 0.1) is 18.7 Å². The highest BCUT2D eigenvalue weighted by Crippen LogP contribution is 2.25. The molecule has 8 heteroatoms. The second kappa shape index (κ2) is 6.35. The molecule has 10 N–H and O–H groups in total. The molecule has 0 aromatic rings. The molecular weight excluding hydrogens is 264 g/mol. The van der Waals surface area contributed by atoms with Crippen molar-refractivity contribution in [3.05, 3.63) is 11.8 Å². The van der Waals surface area contributed by atoms with Crippen molar-refractivity contribution in [1.29, 1.82) is 0 Å². The fourth-order valence-corrected chi connectivity index (χ4v) is 2.55. The van der Waals surface area contributed by atoms with Gasteiger partial charge >= 0.3 is 0 Å². The van der Waals surface area contributed by atoms with Crippen molar-refractivity contribution < 1.29 is 19.7 Å². The second-order valence-corrected chi connectivity index (χ2v) is 5.41. The van der Waals surface area contributed by atoms with Crippen LogP contribution in [-0.4, -0.2) is 59.5 Å². The zero-order valence-electron chi connectivity index (χ0n) is 11.3. The summed E-state index contributed by atoms with van der Waals surface area (Å²) in [5.74, 6) is 0.591. The number of nitrogens with two attached hydrogens (primary N) is 4. The number of aliphatic hydroxyl groups is 2. The van der Waals surface area contributed by atoms with Crippen molar-refractivity contribution in [3.63, 3.8) is 0 Å². The molecule has 116 valence electrons. The summed E-state index contributed by atoms with van der Waals surface area (Å²) in [4.78, 5) is 0. The molecule has 0 aromatic carbocycles. The molecule has 0 aromatic heterocycles. The average molecular weight is 288 g/mol. The number of aliphatic hydroxyl groups excluding tert-OH is 2. The lowest BCUT2D eigenvalue weighted by Gasteiger charge is -2.42. The fraction of sp³-hybridized carbons (Fsp3) is 0.833. The van der Waals surface area contributed by atoms with E-state index in [1.165, 1.54) is 0 Å². The predicted molar refractivity (Wildman–Crippen MR) is 72.1 cm³/mol.